The Kier molecular flexibility index (Phi) is 9.09. The number of anilines is 3. The molecule has 0 radical (unpaired) electrons. The van der Waals surface area contributed by atoms with Crippen molar-refractivity contribution in [2.75, 3.05) is 61.6 Å². The van der Waals surface area contributed by atoms with E-state index in [-0.39, 0.29) is 17.7 Å². The van der Waals surface area contributed by atoms with E-state index in [1.807, 2.05) is 18.2 Å². The van der Waals surface area contributed by atoms with Gasteiger partial charge in [0.05, 0.1) is 25.1 Å². The molecule has 3 aliphatic rings. The van der Waals surface area contributed by atoms with Gasteiger partial charge in [0.25, 0.3) is 5.91 Å². The molecular weight excluding hydrogens is 525 g/mol. The maximum absolute atomic E-state index is 14.2. The van der Waals surface area contributed by atoms with Crippen molar-refractivity contribution < 1.29 is 13.9 Å². The first kappa shape index (κ1) is 27.1. The summed E-state index contributed by atoms with van der Waals surface area (Å²) in [6.45, 7) is 5.23. The second kappa shape index (κ2) is 13.1. The van der Waals surface area contributed by atoms with Crippen LogP contribution in [-0.4, -0.2) is 72.9 Å². The molecule has 0 spiro atoms. The predicted octanol–water partition coefficient (Wildman–Crippen LogP) is 2.17. The number of halogens is 2. The maximum Gasteiger partial charge on any atom is 0.264 e. The number of morpholine rings is 1. The fourth-order valence-corrected chi connectivity index (χ4v) is 4.88. The maximum atomic E-state index is 14.2. The molecule has 13 heteroatoms. The third-order valence-corrected chi connectivity index (χ3v) is 6.80. The first-order valence-corrected chi connectivity index (χ1v) is 13.5. The van der Waals surface area contributed by atoms with Gasteiger partial charge in [-0.1, -0.05) is 17.7 Å². The summed E-state index contributed by atoms with van der Waals surface area (Å²) in [4.78, 5) is 22.6. The summed E-state index contributed by atoms with van der Waals surface area (Å²) in [5, 5.41) is 9.34. The number of benzene rings is 1. The number of amides is 1. The molecule has 2 aromatic rings. The van der Waals surface area contributed by atoms with Gasteiger partial charge in [0.1, 0.15) is 6.04 Å². The second-order valence-electron chi connectivity index (χ2n) is 9.51. The number of hydrogen-bond acceptors (Lipinski definition) is 10. The molecule has 0 aliphatic carbocycles. The van der Waals surface area contributed by atoms with Crippen molar-refractivity contribution in [2.24, 2.45) is 0 Å². The Balaban J connectivity index is 1.10. The van der Waals surface area contributed by atoms with Crippen LogP contribution in [0.3, 0.4) is 0 Å². The molecule has 0 bridgehead atoms. The number of dihydropyridines is 1. The highest BCUT2D eigenvalue weighted by atomic mass is 35.5. The van der Waals surface area contributed by atoms with Crippen molar-refractivity contribution in [2.45, 2.75) is 25.3 Å². The Hall–Kier alpha value is -3.45. The van der Waals surface area contributed by atoms with E-state index in [0.717, 1.165) is 50.1 Å². The van der Waals surface area contributed by atoms with Crippen LogP contribution in [0.15, 0.2) is 48.4 Å². The molecule has 1 aromatic carbocycles. The average molecular weight is 558 g/mol. The van der Waals surface area contributed by atoms with Gasteiger partial charge in [-0.25, -0.2) is 14.4 Å². The minimum absolute atomic E-state index is 0.0948. The van der Waals surface area contributed by atoms with E-state index in [1.54, 1.807) is 17.2 Å². The number of allylic oxidation sites excluding steroid dienone is 1. The zero-order valence-corrected chi connectivity index (χ0v) is 22.3. The zero-order chi connectivity index (χ0) is 27.0. The number of aryl methyl sites for hydroxylation is 1. The number of aromatic nitrogens is 2. The summed E-state index contributed by atoms with van der Waals surface area (Å²) in [7, 11) is 0. The van der Waals surface area contributed by atoms with Crippen LogP contribution in [0.1, 0.15) is 18.4 Å². The summed E-state index contributed by atoms with van der Waals surface area (Å²) in [6, 6.07) is 5.35. The molecule has 4 heterocycles. The van der Waals surface area contributed by atoms with Gasteiger partial charge in [0.2, 0.25) is 5.95 Å². The first-order chi connectivity index (χ1) is 19.0. The van der Waals surface area contributed by atoms with Crippen molar-refractivity contribution in [3.8, 4) is 0 Å². The molecule has 1 amide bonds. The van der Waals surface area contributed by atoms with E-state index in [1.165, 1.54) is 12.0 Å². The molecule has 208 valence electrons. The molecule has 5 N–H and O–H groups in total. The van der Waals surface area contributed by atoms with Crippen LogP contribution in [0.25, 0.3) is 0 Å². The Bertz CT molecular complexity index is 1220. The molecule has 39 heavy (non-hydrogen) atoms. The molecule has 2 saturated heterocycles. The number of rotatable bonds is 10. The van der Waals surface area contributed by atoms with E-state index in [9.17, 15) is 9.18 Å². The van der Waals surface area contributed by atoms with Crippen LogP contribution in [0.2, 0.25) is 5.02 Å². The number of nitrogens with one attached hydrogen (secondary N) is 5. The lowest BCUT2D eigenvalue weighted by Gasteiger charge is -2.28. The van der Waals surface area contributed by atoms with Crippen LogP contribution in [-0.2, 0) is 16.0 Å². The summed E-state index contributed by atoms with van der Waals surface area (Å²) in [5.41, 5.74) is 11.5. The lowest BCUT2D eigenvalue weighted by Crippen LogP contribution is -2.45. The molecule has 0 saturated carbocycles. The molecule has 5 rings (SSSR count). The number of hydrazine groups is 2. The highest BCUT2D eigenvalue weighted by molar-refractivity contribution is 6.30. The zero-order valence-electron chi connectivity index (χ0n) is 21.6. The predicted molar refractivity (Wildman–Crippen MR) is 149 cm³/mol. The summed E-state index contributed by atoms with van der Waals surface area (Å²) in [6.07, 6.45) is 9.54. The molecule has 11 nitrogen and oxygen atoms in total. The van der Waals surface area contributed by atoms with Gasteiger partial charge in [-0.2, -0.15) is 4.98 Å². The van der Waals surface area contributed by atoms with Gasteiger partial charge < -0.3 is 20.3 Å². The number of nitrogens with zero attached hydrogens (tertiary/aromatic N) is 4. The van der Waals surface area contributed by atoms with Crippen LogP contribution < -0.4 is 31.8 Å². The van der Waals surface area contributed by atoms with Crippen LogP contribution >= 0.6 is 11.6 Å². The number of hydrogen-bond donors (Lipinski definition) is 5. The smallest absolute Gasteiger partial charge is 0.264 e. The lowest BCUT2D eigenvalue weighted by molar-refractivity contribution is -0.121. The van der Waals surface area contributed by atoms with Crippen molar-refractivity contribution in [3.05, 3.63) is 64.8 Å². The summed E-state index contributed by atoms with van der Waals surface area (Å²) >= 11 is 6.37. The number of carbonyl (C=O) groups excluding carboxylic acids is 1. The molecule has 1 unspecified atom stereocenters. The number of carbonyl (C=O) groups is 1. The van der Waals surface area contributed by atoms with E-state index in [0.29, 0.717) is 31.3 Å². The molecule has 3 aliphatic heterocycles. The Morgan fingerprint density at radius 1 is 1.23 bits per heavy atom. The van der Waals surface area contributed by atoms with E-state index in [2.05, 4.69) is 48.0 Å². The second-order valence-corrected chi connectivity index (χ2v) is 9.94. The molecular formula is C26H33ClFN9O2. The normalized spacial score (nSPS) is 19.4. The Morgan fingerprint density at radius 2 is 2.10 bits per heavy atom. The van der Waals surface area contributed by atoms with E-state index in [4.69, 9.17) is 16.3 Å². The Morgan fingerprint density at radius 3 is 2.87 bits per heavy atom. The van der Waals surface area contributed by atoms with Gasteiger partial charge in [0, 0.05) is 49.6 Å². The molecule has 1 atom stereocenters. The SMILES string of the molecule is O=C(NNc1ncc(F)c(N2CCOCC2)n1)C1C=CC(Nc2cc(Cl)cc(CCCN3CCCN3)c2)=CN1. The lowest BCUT2D eigenvalue weighted by atomic mass is 10.1. The Labute approximate surface area is 231 Å². The fourth-order valence-electron chi connectivity index (χ4n) is 4.62. The quantitative estimate of drug-likeness (QED) is 0.278. The van der Waals surface area contributed by atoms with Crippen LogP contribution in [0.5, 0.6) is 0 Å². The highest BCUT2D eigenvalue weighted by Crippen LogP contribution is 2.23. The van der Waals surface area contributed by atoms with Crippen molar-refractivity contribution in [3.63, 3.8) is 0 Å². The topological polar surface area (TPSA) is 119 Å². The third-order valence-electron chi connectivity index (χ3n) is 6.58. The monoisotopic (exact) mass is 557 g/mol. The summed E-state index contributed by atoms with van der Waals surface area (Å²) in [5.74, 6) is -0.605. The molecule has 1 aromatic heterocycles. The highest BCUT2D eigenvalue weighted by Gasteiger charge is 2.20. The largest absolute Gasteiger partial charge is 0.378 e. The minimum atomic E-state index is -0.615. The van der Waals surface area contributed by atoms with Crippen molar-refractivity contribution in [1.29, 1.82) is 0 Å². The van der Waals surface area contributed by atoms with Crippen molar-refractivity contribution >= 4 is 35.0 Å². The van der Waals surface area contributed by atoms with Gasteiger partial charge >= 0.3 is 0 Å². The third kappa shape index (κ3) is 7.57. The molecule has 2 fully saturated rings. The van der Waals surface area contributed by atoms with Crippen LogP contribution in [0, 0.1) is 5.82 Å². The van der Waals surface area contributed by atoms with Crippen molar-refractivity contribution in [1.82, 2.24) is 31.1 Å². The van der Waals surface area contributed by atoms with Gasteiger partial charge in [-0.05, 0) is 49.1 Å². The van der Waals surface area contributed by atoms with Gasteiger partial charge in [-0.3, -0.25) is 21.1 Å². The fraction of sp³-hybridized carbons (Fsp3) is 0.423. The summed E-state index contributed by atoms with van der Waals surface area (Å²) < 4.78 is 19.5. The van der Waals surface area contributed by atoms with Crippen LogP contribution in [0.4, 0.5) is 21.8 Å². The van der Waals surface area contributed by atoms with Gasteiger partial charge in [0.15, 0.2) is 11.6 Å². The number of ether oxygens (including phenoxy) is 1. The first-order valence-electron chi connectivity index (χ1n) is 13.1. The van der Waals surface area contributed by atoms with E-state index < -0.39 is 11.9 Å². The average Bonchev–Trinajstić information content (AvgIpc) is 3.47. The van der Waals surface area contributed by atoms with Gasteiger partial charge in [-0.15, -0.1) is 0 Å². The standard InChI is InChI=1S/C26H33ClFN9O2/c27-19-13-18(3-1-7-37-8-2-6-31-37)14-21(15-19)32-20-4-5-23(29-16-20)25(38)34-35-26-30-17-22(28)24(33-26)36-9-11-39-12-10-36/h4-5,13-17,23,29,31-32H,1-3,6-12H2,(H,34,38)(H,30,33,35). The minimum Gasteiger partial charge on any atom is -0.378 e. The van der Waals surface area contributed by atoms with E-state index >= 15 is 0 Å².